The molecule has 0 saturated carbocycles. The van der Waals surface area contributed by atoms with Gasteiger partial charge in [-0.05, 0) is 22.7 Å². The summed E-state index contributed by atoms with van der Waals surface area (Å²) < 4.78 is 9.78. The Morgan fingerprint density at radius 3 is 1.72 bits per heavy atom. The Morgan fingerprint density at radius 1 is 0.760 bits per heavy atom. The Labute approximate surface area is 171 Å². The van der Waals surface area contributed by atoms with Gasteiger partial charge >= 0.3 is 0 Å². The van der Waals surface area contributed by atoms with E-state index in [1.807, 2.05) is 0 Å². The van der Waals surface area contributed by atoms with E-state index in [4.69, 9.17) is 4.74 Å². The molecule has 1 aliphatic heterocycles. The van der Waals surface area contributed by atoms with Crippen molar-refractivity contribution in [2.45, 2.75) is 90.4 Å². The molecule has 0 bridgehead atoms. The maximum Gasteiger partial charge on any atom is 0.141 e. The van der Waals surface area contributed by atoms with Crippen molar-refractivity contribution in [2.24, 2.45) is 0 Å². The molecule has 0 atom stereocenters. The lowest BCUT2D eigenvalue weighted by atomic mass is 10.0. The summed E-state index contributed by atoms with van der Waals surface area (Å²) in [6.07, 6.45) is 18.6. The van der Waals surface area contributed by atoms with Crippen molar-refractivity contribution in [1.29, 1.82) is 0 Å². The van der Waals surface area contributed by atoms with E-state index in [1.165, 1.54) is 94.5 Å². The minimum Gasteiger partial charge on any atom is -0.370 e. The first-order valence-electron chi connectivity index (χ1n) is 10.8. The van der Waals surface area contributed by atoms with Gasteiger partial charge in [0.2, 0.25) is 0 Å². The Bertz CT molecular complexity index is 355. The van der Waals surface area contributed by atoms with Gasteiger partial charge in [-0.25, -0.2) is 0 Å². The third-order valence-corrected chi connectivity index (χ3v) is 6.02. The maximum atomic E-state index is 5.56. The van der Waals surface area contributed by atoms with Gasteiger partial charge in [0.25, 0.3) is 0 Å². The van der Waals surface area contributed by atoms with Crippen molar-refractivity contribution in [3.05, 3.63) is 0 Å². The highest BCUT2D eigenvalue weighted by Crippen LogP contribution is 2.16. The Balaban J connectivity index is 1.93. The maximum absolute atomic E-state index is 5.56. The van der Waals surface area contributed by atoms with Gasteiger partial charge in [0.1, 0.15) is 19.6 Å². The van der Waals surface area contributed by atoms with Crippen LogP contribution >= 0.6 is 22.6 Å². The summed E-state index contributed by atoms with van der Waals surface area (Å²) in [6, 6.07) is 0. The van der Waals surface area contributed by atoms with Gasteiger partial charge in [0.15, 0.2) is 0 Å². The first kappa shape index (κ1) is 23.2. The highest BCUT2D eigenvalue weighted by molar-refractivity contribution is 14.1. The topological polar surface area (TPSA) is 9.23 Å². The van der Waals surface area contributed by atoms with Crippen LogP contribution in [0.25, 0.3) is 0 Å². The molecule has 0 aromatic rings. The fourth-order valence-corrected chi connectivity index (χ4v) is 4.02. The average molecular weight is 462 g/mol. The smallest absolute Gasteiger partial charge is 0.141 e. The first-order chi connectivity index (χ1) is 12.3. The van der Waals surface area contributed by atoms with E-state index < -0.39 is 0 Å². The lowest BCUT2D eigenvalue weighted by Gasteiger charge is -2.40. The number of hydrogen-bond donors (Lipinski definition) is 0. The molecule has 2 nitrogen and oxygen atoms in total. The zero-order valence-electron chi connectivity index (χ0n) is 16.7. The van der Waals surface area contributed by atoms with Crippen molar-refractivity contribution in [3.8, 4) is 9.85 Å². The number of nitrogens with zero attached hydrogens (tertiary/aromatic N) is 1. The normalized spacial score (nSPS) is 16.4. The molecule has 25 heavy (non-hydrogen) atoms. The Kier molecular flexibility index (Phi) is 15.2. The monoisotopic (exact) mass is 462 g/mol. The zero-order valence-corrected chi connectivity index (χ0v) is 18.8. The summed E-state index contributed by atoms with van der Waals surface area (Å²) in [5.74, 6) is 3.31. The molecule has 3 heteroatoms. The minimum absolute atomic E-state index is 0.918. The van der Waals surface area contributed by atoms with Crippen LogP contribution in [0.15, 0.2) is 0 Å². The molecular formula is C22H41INO+. The van der Waals surface area contributed by atoms with Crippen molar-refractivity contribution in [2.75, 3.05) is 39.4 Å². The largest absolute Gasteiger partial charge is 0.370 e. The molecule has 0 radical (unpaired) electrons. The summed E-state index contributed by atoms with van der Waals surface area (Å²) in [4.78, 5) is 0. The van der Waals surface area contributed by atoms with E-state index in [0.29, 0.717) is 0 Å². The van der Waals surface area contributed by atoms with Crippen LogP contribution in [-0.4, -0.2) is 43.9 Å². The molecule has 0 aromatic carbocycles. The van der Waals surface area contributed by atoms with Gasteiger partial charge in [-0.1, -0.05) is 77.6 Å². The van der Waals surface area contributed by atoms with Crippen molar-refractivity contribution >= 4 is 22.6 Å². The quantitative estimate of drug-likeness (QED) is 0.120. The van der Waals surface area contributed by atoms with Crippen LogP contribution in [0.5, 0.6) is 0 Å². The lowest BCUT2D eigenvalue weighted by Crippen LogP contribution is -2.55. The molecule has 1 rings (SSSR count). The van der Waals surface area contributed by atoms with Crippen LogP contribution in [0.4, 0.5) is 0 Å². The number of ether oxygens (including phenoxy) is 1. The summed E-state index contributed by atoms with van der Waals surface area (Å²) in [6.45, 7) is 8.76. The number of unbranched alkanes of at least 4 members (excludes halogenated alkanes) is 12. The Morgan fingerprint density at radius 2 is 1.24 bits per heavy atom. The molecule has 0 spiro atoms. The highest BCUT2D eigenvalue weighted by atomic mass is 127. The SMILES string of the molecule is CCCCCCCCCCCCCCC[N+]1(CC#CI)CCOCC1. The van der Waals surface area contributed by atoms with Crippen LogP contribution in [0.3, 0.4) is 0 Å². The molecule has 0 unspecified atom stereocenters. The second kappa shape index (κ2) is 16.4. The molecular weight excluding hydrogens is 421 g/mol. The molecule has 1 aliphatic rings. The van der Waals surface area contributed by atoms with Crippen LogP contribution in [0.2, 0.25) is 0 Å². The number of quaternary nitrogens is 1. The lowest BCUT2D eigenvalue weighted by molar-refractivity contribution is -0.928. The summed E-state index contributed by atoms with van der Waals surface area (Å²) in [7, 11) is 0. The van der Waals surface area contributed by atoms with Gasteiger partial charge in [0, 0.05) is 22.6 Å². The molecule has 1 heterocycles. The standard InChI is InChI=1S/C22H41INO/c1-2-3-4-5-6-7-8-9-10-11-12-13-14-17-24(18-15-16-23)19-21-25-22-20-24/h2-14,17-22H2,1H3/q+1. The molecule has 0 aromatic heterocycles. The fourth-order valence-electron chi connectivity index (χ4n) is 3.85. The second-order valence-electron chi connectivity index (χ2n) is 7.80. The predicted molar refractivity (Wildman–Crippen MR) is 118 cm³/mol. The van der Waals surface area contributed by atoms with E-state index in [1.54, 1.807) is 0 Å². The van der Waals surface area contributed by atoms with Gasteiger partial charge in [-0.3, -0.25) is 0 Å². The Hall–Kier alpha value is 0.210. The zero-order chi connectivity index (χ0) is 18.1. The molecule has 1 fully saturated rings. The third kappa shape index (κ3) is 12.3. The van der Waals surface area contributed by atoms with Crippen LogP contribution in [0.1, 0.15) is 90.4 Å². The fraction of sp³-hybridized carbons (Fsp3) is 0.909. The van der Waals surface area contributed by atoms with Gasteiger partial charge in [-0.2, -0.15) is 0 Å². The van der Waals surface area contributed by atoms with Crippen molar-refractivity contribution < 1.29 is 9.22 Å². The highest BCUT2D eigenvalue weighted by Gasteiger charge is 2.28. The minimum atomic E-state index is 0.918. The van der Waals surface area contributed by atoms with E-state index in [9.17, 15) is 0 Å². The first-order valence-corrected chi connectivity index (χ1v) is 11.9. The van der Waals surface area contributed by atoms with Crippen molar-refractivity contribution in [1.82, 2.24) is 0 Å². The van der Waals surface area contributed by atoms with Crippen molar-refractivity contribution in [3.63, 3.8) is 0 Å². The van der Waals surface area contributed by atoms with Gasteiger partial charge in [-0.15, -0.1) is 0 Å². The van der Waals surface area contributed by atoms with E-state index in [0.717, 1.165) is 32.8 Å². The number of rotatable bonds is 15. The number of hydrogen-bond acceptors (Lipinski definition) is 1. The summed E-state index contributed by atoms with van der Waals surface area (Å²) in [5, 5.41) is 0. The van der Waals surface area contributed by atoms with Gasteiger partial charge < -0.3 is 9.22 Å². The van der Waals surface area contributed by atoms with Gasteiger partial charge in [0.05, 0.1) is 19.8 Å². The van der Waals surface area contributed by atoms with E-state index in [-0.39, 0.29) is 0 Å². The molecule has 0 N–H and O–H groups in total. The van der Waals surface area contributed by atoms with E-state index >= 15 is 0 Å². The summed E-state index contributed by atoms with van der Waals surface area (Å²) in [5.41, 5.74) is 0. The second-order valence-corrected chi connectivity index (χ2v) is 8.34. The predicted octanol–water partition coefficient (Wildman–Crippen LogP) is 6.32. The van der Waals surface area contributed by atoms with Crippen LogP contribution < -0.4 is 0 Å². The summed E-state index contributed by atoms with van der Waals surface area (Å²) >= 11 is 2.17. The molecule has 146 valence electrons. The van der Waals surface area contributed by atoms with Crippen LogP contribution in [0, 0.1) is 9.85 Å². The molecule has 1 saturated heterocycles. The van der Waals surface area contributed by atoms with E-state index in [2.05, 4.69) is 39.4 Å². The molecule has 0 amide bonds. The molecule has 0 aliphatic carbocycles. The van der Waals surface area contributed by atoms with Crippen LogP contribution in [-0.2, 0) is 4.74 Å². The third-order valence-electron chi connectivity index (χ3n) is 5.64. The average Bonchev–Trinajstić information content (AvgIpc) is 2.65. The number of morpholine rings is 1. The number of halogens is 1.